The third-order valence-corrected chi connectivity index (χ3v) is 5.06. The van der Waals surface area contributed by atoms with Crippen LogP contribution in [0.1, 0.15) is 35.7 Å². The van der Waals surface area contributed by atoms with Gasteiger partial charge in [-0.1, -0.05) is 13.8 Å². The molecule has 18 heavy (non-hydrogen) atoms. The maximum Gasteiger partial charge on any atom is 0.266 e. The fourth-order valence-corrected chi connectivity index (χ4v) is 3.78. The Morgan fingerprint density at radius 2 is 1.94 bits per heavy atom. The summed E-state index contributed by atoms with van der Waals surface area (Å²) in [6, 6.07) is 2.95. The molecule has 1 aromatic rings. The third-order valence-electron chi connectivity index (χ3n) is 2.80. The molecule has 0 spiro atoms. The van der Waals surface area contributed by atoms with Gasteiger partial charge < -0.3 is 4.55 Å². The molecule has 1 N–H and O–H groups in total. The van der Waals surface area contributed by atoms with E-state index in [9.17, 15) is 17.8 Å². The van der Waals surface area contributed by atoms with E-state index in [0.717, 1.165) is 0 Å². The van der Waals surface area contributed by atoms with Crippen LogP contribution in [-0.2, 0) is 21.2 Å². The van der Waals surface area contributed by atoms with Crippen LogP contribution in [0.3, 0.4) is 0 Å². The topological polar surface area (TPSA) is 86.3 Å². The van der Waals surface area contributed by atoms with E-state index in [1.807, 2.05) is 18.6 Å². The van der Waals surface area contributed by atoms with Crippen molar-refractivity contribution in [1.29, 1.82) is 0 Å². The Bertz CT molecular complexity index is 620. The van der Waals surface area contributed by atoms with Crippen LogP contribution in [0.4, 0.5) is 0 Å². The Morgan fingerprint density at radius 3 is 2.44 bits per heavy atom. The van der Waals surface area contributed by atoms with Crippen LogP contribution >= 0.6 is 0 Å². The zero-order valence-corrected chi connectivity index (χ0v) is 11.8. The number of carbonyl (C=O) groups excluding carboxylic acids is 1. The van der Waals surface area contributed by atoms with Gasteiger partial charge in [-0.15, -0.1) is 0 Å². The van der Waals surface area contributed by atoms with Crippen LogP contribution in [0.25, 0.3) is 0 Å². The Kier molecular flexibility index (Phi) is 3.16. The molecular formula is C11H13NO4S2. The Hall–Kier alpha value is -1.05. The minimum Gasteiger partial charge on any atom is -0.612 e. The molecule has 1 atom stereocenters. The van der Waals surface area contributed by atoms with Crippen LogP contribution < -0.4 is 4.72 Å². The predicted molar refractivity (Wildman–Crippen MR) is 67.5 cm³/mol. The number of sulfonamides is 1. The molecule has 5 nitrogen and oxygen atoms in total. The van der Waals surface area contributed by atoms with Crippen LogP contribution in [0.2, 0.25) is 0 Å². The van der Waals surface area contributed by atoms with Gasteiger partial charge in [0.1, 0.15) is 11.2 Å². The van der Waals surface area contributed by atoms with E-state index in [1.165, 1.54) is 12.3 Å². The van der Waals surface area contributed by atoms with Crippen LogP contribution in [0, 0.1) is 0 Å². The summed E-state index contributed by atoms with van der Waals surface area (Å²) in [6.45, 7) is 3.71. The normalized spacial score (nSPS) is 18.6. The molecule has 0 saturated heterocycles. The van der Waals surface area contributed by atoms with Crippen molar-refractivity contribution in [2.45, 2.75) is 29.6 Å². The summed E-state index contributed by atoms with van der Waals surface area (Å²) in [5, 5.41) is 0. The van der Waals surface area contributed by atoms with Gasteiger partial charge in [0.25, 0.3) is 15.9 Å². The van der Waals surface area contributed by atoms with Crippen LogP contribution in [0.5, 0.6) is 0 Å². The molecule has 98 valence electrons. The van der Waals surface area contributed by atoms with E-state index in [0.29, 0.717) is 10.5 Å². The minimum absolute atomic E-state index is 0.0266. The minimum atomic E-state index is -3.80. The number of benzene rings is 1. The first kappa shape index (κ1) is 13.4. The van der Waals surface area contributed by atoms with Crippen molar-refractivity contribution < 1.29 is 17.8 Å². The van der Waals surface area contributed by atoms with Gasteiger partial charge in [-0.25, -0.2) is 13.1 Å². The summed E-state index contributed by atoms with van der Waals surface area (Å²) in [4.78, 5) is 12.1. The Morgan fingerprint density at radius 1 is 1.33 bits per heavy atom. The van der Waals surface area contributed by atoms with Crippen molar-refractivity contribution in [1.82, 2.24) is 4.72 Å². The Balaban J connectivity index is 2.82. The number of hydrogen-bond donors (Lipinski definition) is 1. The van der Waals surface area contributed by atoms with Crippen molar-refractivity contribution in [3.63, 3.8) is 0 Å². The molecular weight excluding hydrogens is 274 g/mol. The first-order valence-electron chi connectivity index (χ1n) is 5.32. The lowest BCUT2D eigenvalue weighted by Crippen LogP contribution is -2.21. The largest absolute Gasteiger partial charge is 0.612 e. The maximum absolute atomic E-state index is 11.8. The second-order valence-electron chi connectivity index (χ2n) is 4.43. The molecule has 2 rings (SSSR count). The molecule has 1 heterocycles. The maximum atomic E-state index is 11.8. The van der Waals surface area contributed by atoms with E-state index < -0.39 is 27.1 Å². The lowest BCUT2D eigenvalue weighted by Gasteiger charge is -2.12. The van der Waals surface area contributed by atoms with Gasteiger partial charge >= 0.3 is 0 Å². The predicted octanol–water partition coefficient (Wildman–Crippen LogP) is 0.980. The van der Waals surface area contributed by atoms with Gasteiger partial charge in [-0.3, -0.25) is 4.79 Å². The monoisotopic (exact) mass is 287 g/mol. The van der Waals surface area contributed by atoms with Gasteiger partial charge in [0, 0.05) is 6.07 Å². The van der Waals surface area contributed by atoms with Crippen LogP contribution in [-0.4, -0.2) is 25.1 Å². The summed E-state index contributed by atoms with van der Waals surface area (Å²) in [5.41, 5.74) is 0.787. The summed E-state index contributed by atoms with van der Waals surface area (Å²) in [5.74, 6) is -0.636. The molecule has 1 aromatic carbocycles. The third kappa shape index (κ3) is 2.02. The number of carbonyl (C=O) groups is 1. The first-order valence-corrected chi connectivity index (χ1v) is 8.36. The van der Waals surface area contributed by atoms with Gasteiger partial charge in [-0.05, 0) is 28.7 Å². The molecule has 0 radical (unpaired) electrons. The number of fused-ring (bicyclic) bond motifs is 1. The average molecular weight is 287 g/mol. The fourth-order valence-electron chi connectivity index (χ4n) is 1.92. The highest BCUT2D eigenvalue weighted by Gasteiger charge is 2.36. The van der Waals surface area contributed by atoms with E-state index in [1.54, 1.807) is 6.07 Å². The van der Waals surface area contributed by atoms with Crippen molar-refractivity contribution in [2.24, 2.45) is 0 Å². The lowest BCUT2D eigenvalue weighted by atomic mass is 9.97. The number of rotatable bonds is 2. The van der Waals surface area contributed by atoms with Crippen molar-refractivity contribution in [3.05, 3.63) is 23.3 Å². The summed E-state index contributed by atoms with van der Waals surface area (Å²) < 4.78 is 37.0. The van der Waals surface area contributed by atoms with E-state index in [4.69, 9.17) is 0 Å². The highest BCUT2D eigenvalue weighted by molar-refractivity contribution is 7.91. The van der Waals surface area contributed by atoms with E-state index >= 15 is 0 Å². The SMILES string of the molecule is CC(C)c1cc([S+](C)[O-])cc2c1C(=O)NS2(=O)=O. The van der Waals surface area contributed by atoms with Gasteiger partial charge in [-0.2, -0.15) is 0 Å². The van der Waals surface area contributed by atoms with E-state index in [-0.39, 0.29) is 16.4 Å². The summed E-state index contributed by atoms with van der Waals surface area (Å²) in [7, 11) is -3.80. The number of hydrogen-bond acceptors (Lipinski definition) is 4. The zero-order chi connectivity index (χ0) is 13.7. The second-order valence-corrected chi connectivity index (χ2v) is 7.46. The summed E-state index contributed by atoms with van der Waals surface area (Å²) in [6.07, 6.45) is 1.47. The molecule has 0 bridgehead atoms. The van der Waals surface area contributed by atoms with Crippen molar-refractivity contribution in [2.75, 3.05) is 6.26 Å². The standard InChI is InChI=1S/C11H13NO4S2/c1-6(2)8-4-7(17(3)14)5-9-10(8)11(13)12-18(9,15)16/h4-6H,1-3H3,(H,12,13). The highest BCUT2D eigenvalue weighted by Crippen LogP contribution is 2.32. The molecule has 7 heteroatoms. The van der Waals surface area contributed by atoms with Gasteiger partial charge in [0.15, 0.2) is 4.90 Å². The molecule has 0 aromatic heterocycles. The second kappa shape index (κ2) is 4.25. The number of amides is 1. The molecule has 1 unspecified atom stereocenters. The number of nitrogens with one attached hydrogen (secondary N) is 1. The zero-order valence-electron chi connectivity index (χ0n) is 10.2. The molecule has 1 aliphatic rings. The highest BCUT2D eigenvalue weighted by atomic mass is 32.2. The molecule has 1 aliphatic heterocycles. The smallest absolute Gasteiger partial charge is 0.266 e. The Labute approximate surface area is 109 Å². The fraction of sp³-hybridized carbons (Fsp3) is 0.364. The first-order chi connectivity index (χ1) is 8.24. The quantitative estimate of drug-likeness (QED) is 0.821. The lowest BCUT2D eigenvalue weighted by molar-refractivity contribution is 0.0984. The molecule has 0 saturated carbocycles. The molecule has 1 amide bonds. The molecule has 0 fully saturated rings. The van der Waals surface area contributed by atoms with Gasteiger partial charge in [0.2, 0.25) is 0 Å². The van der Waals surface area contributed by atoms with Crippen molar-refractivity contribution in [3.8, 4) is 0 Å². The van der Waals surface area contributed by atoms with Crippen LogP contribution in [0.15, 0.2) is 21.9 Å². The average Bonchev–Trinajstić information content (AvgIpc) is 2.48. The summed E-state index contributed by atoms with van der Waals surface area (Å²) >= 11 is -1.30. The van der Waals surface area contributed by atoms with Crippen molar-refractivity contribution >= 4 is 27.1 Å². The molecule has 0 aliphatic carbocycles. The van der Waals surface area contributed by atoms with Gasteiger partial charge in [0.05, 0.1) is 5.56 Å². The van der Waals surface area contributed by atoms with E-state index in [2.05, 4.69) is 0 Å².